The van der Waals surface area contributed by atoms with Crippen LogP contribution < -0.4 is 0 Å². The molecule has 0 saturated heterocycles. The van der Waals surface area contributed by atoms with Crippen LogP contribution in [0.25, 0.3) is 0 Å². The molecule has 0 saturated carbocycles. The van der Waals surface area contributed by atoms with Crippen molar-refractivity contribution < 1.29 is 8.42 Å². The van der Waals surface area contributed by atoms with E-state index in [1.54, 1.807) is 12.1 Å². The van der Waals surface area contributed by atoms with Crippen LogP contribution in [0.4, 0.5) is 0 Å². The third-order valence-electron chi connectivity index (χ3n) is 0.824. The van der Waals surface area contributed by atoms with Crippen molar-refractivity contribution in [1.82, 2.24) is 0 Å². The molecule has 0 aromatic heterocycles. The molecule has 1 rings (SSSR count). The first-order chi connectivity index (χ1) is 5.80. The van der Waals surface area contributed by atoms with Crippen LogP contribution in [-0.2, 0) is 9.84 Å². The maximum absolute atomic E-state index is 9.63. The zero-order valence-corrected chi connectivity index (χ0v) is 9.62. The zero-order chi connectivity index (χ0) is 10.5. The van der Waals surface area contributed by atoms with Gasteiger partial charge in [-0.2, -0.15) is 0 Å². The second-order valence-electron chi connectivity index (χ2n) is 2.56. The van der Waals surface area contributed by atoms with Gasteiger partial charge in [0, 0.05) is 12.5 Å². The van der Waals surface area contributed by atoms with Crippen molar-refractivity contribution in [2.45, 2.75) is 0 Å². The Kier molecular flexibility index (Phi) is 5.37. The molecule has 74 valence electrons. The summed E-state index contributed by atoms with van der Waals surface area (Å²) < 4.78 is 19.3. The number of halogens is 2. The highest BCUT2D eigenvalue weighted by Crippen LogP contribution is 2.19. The Hall–Kier alpha value is -0.250. The van der Waals surface area contributed by atoms with Crippen molar-refractivity contribution in [3.63, 3.8) is 0 Å². The summed E-state index contributed by atoms with van der Waals surface area (Å²) >= 11 is 11.2. The molecule has 0 unspecified atom stereocenters. The highest BCUT2D eigenvalue weighted by molar-refractivity contribution is 7.89. The molecule has 0 bridgehead atoms. The SMILES string of the molecule is CS(C)(=O)=O.Clc1ccccc1Cl. The van der Waals surface area contributed by atoms with E-state index in [0.717, 1.165) is 12.5 Å². The summed E-state index contributed by atoms with van der Waals surface area (Å²) in [5.41, 5.74) is 0. The molecule has 0 atom stereocenters. The van der Waals surface area contributed by atoms with Crippen molar-refractivity contribution in [2.24, 2.45) is 0 Å². The third kappa shape index (κ3) is 9.67. The van der Waals surface area contributed by atoms with E-state index in [-0.39, 0.29) is 0 Å². The van der Waals surface area contributed by atoms with Crippen molar-refractivity contribution >= 4 is 33.0 Å². The minimum absolute atomic E-state index is 0.606. The molecular weight excluding hydrogens is 231 g/mol. The van der Waals surface area contributed by atoms with Crippen LogP contribution in [0.15, 0.2) is 24.3 Å². The van der Waals surface area contributed by atoms with Crippen molar-refractivity contribution in [3.05, 3.63) is 34.3 Å². The molecule has 0 aliphatic rings. The molecule has 0 amide bonds. The van der Waals surface area contributed by atoms with Crippen LogP contribution >= 0.6 is 23.2 Å². The summed E-state index contributed by atoms with van der Waals surface area (Å²) in [5.74, 6) is 0. The minimum Gasteiger partial charge on any atom is -0.229 e. The fourth-order valence-electron chi connectivity index (χ4n) is 0.439. The molecular formula is C8H10Cl2O2S. The lowest BCUT2D eigenvalue weighted by atomic mass is 10.4. The summed E-state index contributed by atoms with van der Waals surface area (Å²) in [6.45, 7) is 0. The monoisotopic (exact) mass is 240 g/mol. The van der Waals surface area contributed by atoms with E-state index in [9.17, 15) is 8.42 Å². The smallest absolute Gasteiger partial charge is 0.144 e. The lowest BCUT2D eigenvalue weighted by Crippen LogP contribution is -1.86. The molecule has 0 heterocycles. The summed E-state index contributed by atoms with van der Waals surface area (Å²) in [6.07, 6.45) is 2.32. The maximum Gasteiger partial charge on any atom is 0.144 e. The van der Waals surface area contributed by atoms with E-state index in [0.29, 0.717) is 10.0 Å². The molecule has 1 aromatic rings. The number of hydrogen-bond acceptors (Lipinski definition) is 2. The number of sulfone groups is 1. The summed E-state index contributed by atoms with van der Waals surface area (Å²) in [5, 5.41) is 1.21. The van der Waals surface area contributed by atoms with Gasteiger partial charge in [0.15, 0.2) is 0 Å². The molecule has 1 aromatic carbocycles. The Labute approximate surface area is 88.4 Å². The normalized spacial score (nSPS) is 10.2. The topological polar surface area (TPSA) is 34.1 Å². The standard InChI is InChI=1S/C6H4Cl2.C2H6O2S/c7-5-3-1-2-4-6(5)8;1-5(2,3)4/h1-4H;1-2H3. The van der Waals surface area contributed by atoms with Crippen LogP contribution in [0, 0.1) is 0 Å². The van der Waals surface area contributed by atoms with Gasteiger partial charge in [-0.25, -0.2) is 8.42 Å². The first kappa shape index (κ1) is 12.8. The summed E-state index contributed by atoms with van der Waals surface area (Å²) in [7, 11) is -2.67. The van der Waals surface area contributed by atoms with E-state index in [1.165, 1.54) is 0 Å². The van der Waals surface area contributed by atoms with Gasteiger partial charge in [-0.15, -0.1) is 0 Å². The van der Waals surface area contributed by atoms with Gasteiger partial charge in [0.25, 0.3) is 0 Å². The van der Waals surface area contributed by atoms with Gasteiger partial charge in [0.2, 0.25) is 0 Å². The van der Waals surface area contributed by atoms with E-state index < -0.39 is 9.84 Å². The molecule has 0 aliphatic heterocycles. The zero-order valence-electron chi connectivity index (χ0n) is 7.29. The van der Waals surface area contributed by atoms with Gasteiger partial charge in [0.1, 0.15) is 9.84 Å². The molecule has 0 aliphatic carbocycles. The fraction of sp³-hybridized carbons (Fsp3) is 0.250. The summed E-state index contributed by atoms with van der Waals surface area (Å²) in [6, 6.07) is 7.19. The van der Waals surface area contributed by atoms with Gasteiger partial charge < -0.3 is 0 Å². The molecule has 13 heavy (non-hydrogen) atoms. The predicted molar refractivity (Wildman–Crippen MR) is 57.2 cm³/mol. The number of benzene rings is 1. The Morgan fingerprint density at radius 3 is 1.38 bits per heavy atom. The Morgan fingerprint density at radius 1 is 1.00 bits per heavy atom. The van der Waals surface area contributed by atoms with Crippen molar-refractivity contribution in [3.8, 4) is 0 Å². The first-order valence-corrected chi connectivity index (χ1v) is 6.41. The quantitative estimate of drug-likeness (QED) is 0.699. The van der Waals surface area contributed by atoms with Gasteiger partial charge in [0.05, 0.1) is 10.0 Å². The fourth-order valence-corrected chi connectivity index (χ4v) is 0.711. The van der Waals surface area contributed by atoms with Crippen LogP contribution in [-0.4, -0.2) is 20.9 Å². The minimum atomic E-state index is -2.67. The number of rotatable bonds is 0. The second-order valence-corrected chi connectivity index (χ2v) is 5.66. The average Bonchev–Trinajstić information content (AvgIpc) is 1.92. The Balaban J connectivity index is 0.000000252. The molecule has 0 radical (unpaired) electrons. The molecule has 0 spiro atoms. The Morgan fingerprint density at radius 2 is 1.23 bits per heavy atom. The lowest BCUT2D eigenvalue weighted by Gasteiger charge is -1.88. The Bertz CT molecular complexity index is 331. The van der Waals surface area contributed by atoms with Gasteiger partial charge >= 0.3 is 0 Å². The van der Waals surface area contributed by atoms with E-state index in [4.69, 9.17) is 23.2 Å². The van der Waals surface area contributed by atoms with E-state index >= 15 is 0 Å². The average molecular weight is 241 g/mol. The summed E-state index contributed by atoms with van der Waals surface area (Å²) in [4.78, 5) is 0. The van der Waals surface area contributed by atoms with Crippen LogP contribution in [0.2, 0.25) is 10.0 Å². The van der Waals surface area contributed by atoms with Crippen LogP contribution in [0.5, 0.6) is 0 Å². The highest BCUT2D eigenvalue weighted by Gasteiger charge is 1.89. The molecule has 5 heteroatoms. The number of hydrogen-bond donors (Lipinski definition) is 0. The highest BCUT2D eigenvalue weighted by atomic mass is 35.5. The maximum atomic E-state index is 9.63. The van der Waals surface area contributed by atoms with Crippen LogP contribution in [0.1, 0.15) is 0 Å². The molecule has 0 N–H and O–H groups in total. The van der Waals surface area contributed by atoms with E-state index in [2.05, 4.69) is 0 Å². The second kappa shape index (κ2) is 5.47. The van der Waals surface area contributed by atoms with Gasteiger partial charge in [-0.05, 0) is 12.1 Å². The molecule has 0 fully saturated rings. The third-order valence-corrected chi connectivity index (χ3v) is 1.58. The van der Waals surface area contributed by atoms with Crippen molar-refractivity contribution in [1.29, 1.82) is 0 Å². The van der Waals surface area contributed by atoms with Gasteiger partial charge in [-0.1, -0.05) is 35.3 Å². The molecule has 2 nitrogen and oxygen atoms in total. The van der Waals surface area contributed by atoms with Gasteiger partial charge in [-0.3, -0.25) is 0 Å². The van der Waals surface area contributed by atoms with E-state index in [1.807, 2.05) is 12.1 Å². The predicted octanol–water partition coefficient (Wildman–Crippen LogP) is 2.65. The van der Waals surface area contributed by atoms with Crippen molar-refractivity contribution in [2.75, 3.05) is 12.5 Å². The largest absolute Gasteiger partial charge is 0.229 e. The van der Waals surface area contributed by atoms with Crippen LogP contribution in [0.3, 0.4) is 0 Å². The first-order valence-electron chi connectivity index (χ1n) is 3.36. The lowest BCUT2D eigenvalue weighted by molar-refractivity contribution is 0.607.